The predicted octanol–water partition coefficient (Wildman–Crippen LogP) is 2.15. The number of imide groups is 1. The minimum atomic E-state index is -1.17. The quantitative estimate of drug-likeness (QED) is 0.463. The smallest absolute Gasteiger partial charge is 0.329 e. The highest BCUT2D eigenvalue weighted by molar-refractivity contribution is 6.22. The van der Waals surface area contributed by atoms with Gasteiger partial charge < -0.3 is 10.1 Å². The van der Waals surface area contributed by atoms with Crippen LogP contribution in [0.2, 0.25) is 0 Å². The van der Waals surface area contributed by atoms with Crippen LogP contribution < -0.4 is 5.32 Å². The zero-order valence-corrected chi connectivity index (χ0v) is 16.3. The second kappa shape index (κ2) is 7.22. The highest BCUT2D eigenvalue weighted by atomic mass is 16.5. The van der Waals surface area contributed by atoms with Crippen molar-refractivity contribution in [3.63, 3.8) is 0 Å². The standard InChI is InChI=1S/C22H18N2O6/c1-11-16-9-13(7-8-17(16)23-19(11)26)18(25)10-30-22(29)12(2)24-20(27)14-5-3-4-6-15(14)21(24)28/h3-9,11-12H,10H2,1-2H3,(H,23,26)/t11-,12-/m1/s1. The first-order chi connectivity index (χ1) is 14.3. The molecule has 152 valence electrons. The Morgan fingerprint density at radius 1 is 1.07 bits per heavy atom. The van der Waals surface area contributed by atoms with E-state index in [-0.39, 0.29) is 23.0 Å². The molecule has 3 amide bonds. The van der Waals surface area contributed by atoms with Crippen molar-refractivity contribution in [3.8, 4) is 0 Å². The van der Waals surface area contributed by atoms with Crippen molar-refractivity contribution in [2.75, 3.05) is 11.9 Å². The van der Waals surface area contributed by atoms with E-state index in [0.29, 0.717) is 16.8 Å². The van der Waals surface area contributed by atoms with Gasteiger partial charge in [0, 0.05) is 11.3 Å². The summed E-state index contributed by atoms with van der Waals surface area (Å²) in [6.07, 6.45) is 0. The summed E-state index contributed by atoms with van der Waals surface area (Å²) >= 11 is 0. The lowest BCUT2D eigenvalue weighted by molar-refractivity contribution is -0.146. The monoisotopic (exact) mass is 406 g/mol. The molecule has 0 radical (unpaired) electrons. The Hall–Kier alpha value is -3.81. The van der Waals surface area contributed by atoms with Crippen LogP contribution in [0.5, 0.6) is 0 Å². The molecule has 0 fully saturated rings. The number of carbonyl (C=O) groups excluding carboxylic acids is 5. The minimum absolute atomic E-state index is 0.143. The van der Waals surface area contributed by atoms with Crippen molar-refractivity contribution in [1.82, 2.24) is 4.90 Å². The molecule has 2 atom stereocenters. The fraction of sp³-hybridized carbons (Fsp3) is 0.227. The first kappa shape index (κ1) is 19.5. The van der Waals surface area contributed by atoms with E-state index in [0.717, 1.165) is 4.90 Å². The van der Waals surface area contributed by atoms with Gasteiger partial charge in [0.15, 0.2) is 12.4 Å². The molecule has 0 saturated carbocycles. The number of ketones is 1. The van der Waals surface area contributed by atoms with Crippen LogP contribution >= 0.6 is 0 Å². The summed E-state index contributed by atoms with van der Waals surface area (Å²) in [6, 6.07) is 9.91. The lowest BCUT2D eigenvalue weighted by Gasteiger charge is -2.20. The van der Waals surface area contributed by atoms with Gasteiger partial charge in [-0.15, -0.1) is 0 Å². The van der Waals surface area contributed by atoms with Gasteiger partial charge in [-0.25, -0.2) is 4.79 Å². The van der Waals surface area contributed by atoms with Crippen molar-refractivity contribution in [2.45, 2.75) is 25.8 Å². The average Bonchev–Trinajstić information content (AvgIpc) is 3.18. The van der Waals surface area contributed by atoms with E-state index in [1.54, 1.807) is 37.3 Å². The van der Waals surface area contributed by atoms with E-state index in [4.69, 9.17) is 4.74 Å². The van der Waals surface area contributed by atoms with Crippen LogP contribution in [0.25, 0.3) is 0 Å². The van der Waals surface area contributed by atoms with Crippen LogP contribution in [-0.2, 0) is 14.3 Å². The SMILES string of the molecule is C[C@H](C(=O)OCC(=O)c1ccc2c(c1)[C@@H](C)C(=O)N2)N1C(=O)c2ccccc2C1=O. The highest BCUT2D eigenvalue weighted by Crippen LogP contribution is 2.32. The fourth-order valence-corrected chi connectivity index (χ4v) is 3.60. The Morgan fingerprint density at radius 2 is 1.70 bits per heavy atom. The lowest BCUT2D eigenvalue weighted by atomic mass is 9.99. The Morgan fingerprint density at radius 3 is 2.33 bits per heavy atom. The number of benzene rings is 2. The number of anilines is 1. The predicted molar refractivity (Wildman–Crippen MR) is 105 cm³/mol. The van der Waals surface area contributed by atoms with Crippen LogP contribution in [0.15, 0.2) is 42.5 Å². The van der Waals surface area contributed by atoms with E-state index in [1.807, 2.05) is 0 Å². The first-order valence-corrected chi connectivity index (χ1v) is 9.41. The maximum Gasteiger partial charge on any atom is 0.329 e. The molecule has 0 bridgehead atoms. The molecule has 8 nitrogen and oxygen atoms in total. The van der Waals surface area contributed by atoms with E-state index in [9.17, 15) is 24.0 Å². The zero-order valence-electron chi connectivity index (χ0n) is 16.3. The van der Waals surface area contributed by atoms with Crippen LogP contribution in [0.4, 0.5) is 5.69 Å². The van der Waals surface area contributed by atoms with Crippen molar-refractivity contribution < 1.29 is 28.7 Å². The molecule has 4 rings (SSSR count). The molecule has 0 unspecified atom stereocenters. The molecule has 2 heterocycles. The highest BCUT2D eigenvalue weighted by Gasteiger charge is 2.41. The maximum absolute atomic E-state index is 12.5. The molecule has 2 aliphatic heterocycles. The third kappa shape index (κ3) is 3.06. The third-order valence-electron chi connectivity index (χ3n) is 5.39. The van der Waals surface area contributed by atoms with Gasteiger partial charge in [0.2, 0.25) is 5.91 Å². The average molecular weight is 406 g/mol. The molecular weight excluding hydrogens is 388 g/mol. The lowest BCUT2D eigenvalue weighted by Crippen LogP contribution is -2.44. The number of hydrogen-bond acceptors (Lipinski definition) is 6. The molecular formula is C22H18N2O6. The van der Waals surface area contributed by atoms with E-state index in [1.165, 1.54) is 19.1 Å². The van der Waals surface area contributed by atoms with Gasteiger partial charge in [-0.05, 0) is 49.7 Å². The number of rotatable bonds is 5. The second-order valence-corrected chi connectivity index (χ2v) is 7.25. The van der Waals surface area contributed by atoms with E-state index >= 15 is 0 Å². The van der Waals surface area contributed by atoms with Crippen LogP contribution in [0, 0.1) is 0 Å². The number of Topliss-reactive ketones (excluding diaryl/α,β-unsaturated/α-hetero) is 1. The van der Waals surface area contributed by atoms with Gasteiger partial charge >= 0.3 is 5.97 Å². The number of ether oxygens (including phenoxy) is 1. The van der Waals surface area contributed by atoms with Crippen LogP contribution in [0.3, 0.4) is 0 Å². The normalized spacial score (nSPS) is 18.0. The molecule has 2 aliphatic rings. The van der Waals surface area contributed by atoms with Crippen LogP contribution in [0.1, 0.15) is 56.4 Å². The molecule has 0 spiro atoms. The Bertz CT molecular complexity index is 1090. The number of fused-ring (bicyclic) bond motifs is 2. The number of esters is 1. The maximum atomic E-state index is 12.5. The molecule has 8 heteroatoms. The van der Waals surface area contributed by atoms with E-state index < -0.39 is 36.2 Å². The molecule has 2 aromatic carbocycles. The van der Waals surface area contributed by atoms with Crippen molar-refractivity contribution in [3.05, 3.63) is 64.7 Å². The van der Waals surface area contributed by atoms with Gasteiger partial charge in [-0.3, -0.25) is 24.1 Å². The zero-order chi connectivity index (χ0) is 21.6. The third-order valence-corrected chi connectivity index (χ3v) is 5.39. The molecule has 0 aromatic heterocycles. The van der Waals surface area contributed by atoms with Gasteiger partial charge in [0.05, 0.1) is 17.0 Å². The summed E-state index contributed by atoms with van der Waals surface area (Å²) in [5.41, 5.74) is 2.12. The Balaban J connectivity index is 1.42. The van der Waals surface area contributed by atoms with Gasteiger partial charge in [0.1, 0.15) is 6.04 Å². The van der Waals surface area contributed by atoms with Gasteiger partial charge in [-0.1, -0.05) is 12.1 Å². The minimum Gasteiger partial charge on any atom is -0.456 e. The van der Waals surface area contributed by atoms with Crippen molar-refractivity contribution in [2.24, 2.45) is 0 Å². The summed E-state index contributed by atoms with van der Waals surface area (Å²) < 4.78 is 5.08. The van der Waals surface area contributed by atoms with E-state index in [2.05, 4.69) is 5.32 Å². The number of nitrogens with zero attached hydrogens (tertiary/aromatic N) is 1. The van der Waals surface area contributed by atoms with Gasteiger partial charge in [-0.2, -0.15) is 0 Å². The van der Waals surface area contributed by atoms with Gasteiger partial charge in [0.25, 0.3) is 11.8 Å². The second-order valence-electron chi connectivity index (χ2n) is 7.25. The summed E-state index contributed by atoms with van der Waals surface area (Å²) in [4.78, 5) is 62.4. The molecule has 1 N–H and O–H groups in total. The summed E-state index contributed by atoms with van der Waals surface area (Å²) in [6.45, 7) is 2.57. The molecule has 0 aliphatic carbocycles. The Kier molecular flexibility index (Phi) is 4.69. The van der Waals surface area contributed by atoms with Crippen molar-refractivity contribution >= 4 is 35.2 Å². The molecule has 0 saturated heterocycles. The first-order valence-electron chi connectivity index (χ1n) is 9.41. The molecule has 2 aromatic rings. The van der Waals surface area contributed by atoms with Crippen LogP contribution in [-0.4, -0.2) is 47.0 Å². The summed E-state index contributed by atoms with van der Waals surface area (Å²) in [5.74, 6) is -2.97. The summed E-state index contributed by atoms with van der Waals surface area (Å²) in [7, 11) is 0. The molecule has 30 heavy (non-hydrogen) atoms. The fourth-order valence-electron chi connectivity index (χ4n) is 3.60. The number of nitrogens with one attached hydrogen (secondary N) is 1. The largest absolute Gasteiger partial charge is 0.456 e. The topological polar surface area (TPSA) is 110 Å². The number of amides is 3. The summed E-state index contributed by atoms with van der Waals surface area (Å²) in [5, 5.41) is 2.72. The Labute approximate surface area is 171 Å². The number of carbonyl (C=O) groups is 5. The number of hydrogen-bond donors (Lipinski definition) is 1. The van der Waals surface area contributed by atoms with Crippen molar-refractivity contribution in [1.29, 1.82) is 0 Å².